The molecule has 0 spiro atoms. The maximum Gasteiger partial charge on any atom is 0.229 e. The summed E-state index contributed by atoms with van der Waals surface area (Å²) in [6.45, 7) is 4.24. The van der Waals surface area contributed by atoms with Crippen LogP contribution in [-0.4, -0.2) is 30.2 Å². The van der Waals surface area contributed by atoms with Gasteiger partial charge in [0, 0.05) is 24.0 Å². The van der Waals surface area contributed by atoms with Crippen LogP contribution in [0, 0.1) is 0 Å². The summed E-state index contributed by atoms with van der Waals surface area (Å²) in [5, 5.41) is 6.49. The van der Waals surface area contributed by atoms with Gasteiger partial charge in [0.05, 0.1) is 14.2 Å². The fraction of sp³-hybridized carbons (Fsp3) is 0.375. The van der Waals surface area contributed by atoms with Crippen molar-refractivity contribution in [1.82, 2.24) is 9.97 Å². The van der Waals surface area contributed by atoms with E-state index in [-0.39, 0.29) is 0 Å². The third kappa shape index (κ3) is 4.00. The Kier molecular flexibility index (Phi) is 5.41. The molecule has 0 amide bonds. The van der Waals surface area contributed by atoms with Crippen molar-refractivity contribution >= 4 is 17.5 Å². The van der Waals surface area contributed by atoms with Crippen LogP contribution in [0.1, 0.15) is 20.3 Å². The molecular weight excluding hydrogens is 280 g/mol. The quantitative estimate of drug-likeness (QED) is 0.816. The highest BCUT2D eigenvalue weighted by Gasteiger charge is 2.07. The van der Waals surface area contributed by atoms with E-state index in [0.29, 0.717) is 23.5 Å². The zero-order chi connectivity index (χ0) is 15.9. The van der Waals surface area contributed by atoms with Crippen LogP contribution in [0.15, 0.2) is 30.5 Å². The van der Waals surface area contributed by atoms with Crippen molar-refractivity contribution in [1.29, 1.82) is 0 Å². The second kappa shape index (κ2) is 7.49. The molecule has 1 heterocycles. The number of nitrogens with one attached hydrogen (secondary N) is 2. The lowest BCUT2D eigenvalue weighted by Crippen LogP contribution is -2.14. The van der Waals surface area contributed by atoms with Crippen LogP contribution < -0.4 is 20.1 Å². The van der Waals surface area contributed by atoms with Gasteiger partial charge in [-0.2, -0.15) is 4.98 Å². The number of anilines is 3. The molecule has 2 N–H and O–H groups in total. The highest BCUT2D eigenvalue weighted by molar-refractivity contribution is 5.60. The molecule has 6 heteroatoms. The first-order chi connectivity index (χ1) is 10.7. The van der Waals surface area contributed by atoms with Gasteiger partial charge >= 0.3 is 0 Å². The number of ether oxygens (including phenoxy) is 2. The second-order valence-corrected chi connectivity index (χ2v) is 4.91. The molecule has 0 fully saturated rings. The Labute approximate surface area is 130 Å². The summed E-state index contributed by atoms with van der Waals surface area (Å²) in [7, 11) is 3.22. The summed E-state index contributed by atoms with van der Waals surface area (Å²) in [5.41, 5.74) is 0.832. The standard InChI is InChI=1S/C16H22N4O2/c1-5-11(2)18-15-8-9-17-16(20-15)19-12-6-7-13(21-3)14(10-12)22-4/h6-11H,5H2,1-4H3,(H2,17,18,19,20). The van der Waals surface area contributed by atoms with Crippen LogP contribution in [-0.2, 0) is 0 Å². The minimum absolute atomic E-state index is 0.365. The molecule has 118 valence electrons. The predicted octanol–water partition coefficient (Wildman–Crippen LogP) is 3.45. The number of hydrogen-bond acceptors (Lipinski definition) is 6. The van der Waals surface area contributed by atoms with E-state index in [4.69, 9.17) is 9.47 Å². The van der Waals surface area contributed by atoms with Crippen molar-refractivity contribution in [3.05, 3.63) is 30.5 Å². The largest absolute Gasteiger partial charge is 0.493 e. The minimum atomic E-state index is 0.365. The van der Waals surface area contributed by atoms with Crippen molar-refractivity contribution < 1.29 is 9.47 Å². The van der Waals surface area contributed by atoms with Crippen molar-refractivity contribution in [2.24, 2.45) is 0 Å². The van der Waals surface area contributed by atoms with E-state index in [0.717, 1.165) is 17.9 Å². The number of aromatic nitrogens is 2. The molecule has 0 aliphatic heterocycles. The molecular formula is C16H22N4O2. The molecule has 0 aliphatic carbocycles. The van der Waals surface area contributed by atoms with Gasteiger partial charge in [-0.3, -0.25) is 0 Å². The Morgan fingerprint density at radius 1 is 1.14 bits per heavy atom. The molecule has 6 nitrogen and oxygen atoms in total. The third-order valence-corrected chi connectivity index (χ3v) is 3.30. The molecule has 0 aliphatic rings. The van der Waals surface area contributed by atoms with Gasteiger partial charge in [0.25, 0.3) is 0 Å². The van der Waals surface area contributed by atoms with E-state index in [1.807, 2.05) is 24.3 Å². The SMILES string of the molecule is CCC(C)Nc1ccnc(Nc2ccc(OC)c(OC)c2)n1. The Morgan fingerprint density at radius 2 is 1.91 bits per heavy atom. The highest BCUT2D eigenvalue weighted by atomic mass is 16.5. The van der Waals surface area contributed by atoms with Gasteiger partial charge in [-0.05, 0) is 31.5 Å². The Morgan fingerprint density at radius 3 is 2.59 bits per heavy atom. The average Bonchev–Trinajstić information content (AvgIpc) is 2.55. The van der Waals surface area contributed by atoms with Gasteiger partial charge in [-0.15, -0.1) is 0 Å². The second-order valence-electron chi connectivity index (χ2n) is 4.91. The van der Waals surface area contributed by atoms with Crippen LogP contribution in [0.25, 0.3) is 0 Å². The summed E-state index contributed by atoms with van der Waals surface area (Å²) in [6.07, 6.45) is 2.75. The molecule has 0 radical (unpaired) electrons. The molecule has 22 heavy (non-hydrogen) atoms. The van der Waals surface area contributed by atoms with Crippen molar-refractivity contribution in [2.75, 3.05) is 24.9 Å². The van der Waals surface area contributed by atoms with E-state index in [1.165, 1.54) is 0 Å². The van der Waals surface area contributed by atoms with Crippen molar-refractivity contribution in [3.8, 4) is 11.5 Å². The molecule has 0 saturated heterocycles. The highest BCUT2D eigenvalue weighted by Crippen LogP contribution is 2.30. The lowest BCUT2D eigenvalue weighted by atomic mass is 10.2. The fourth-order valence-electron chi connectivity index (χ4n) is 1.90. The Balaban J connectivity index is 2.15. The molecule has 1 aromatic carbocycles. The number of hydrogen-bond donors (Lipinski definition) is 2. The molecule has 2 rings (SSSR count). The molecule has 0 bridgehead atoms. The molecule has 1 aromatic heterocycles. The lowest BCUT2D eigenvalue weighted by molar-refractivity contribution is 0.355. The van der Waals surface area contributed by atoms with Gasteiger partial charge in [-0.25, -0.2) is 4.98 Å². The lowest BCUT2D eigenvalue weighted by Gasteiger charge is -2.13. The summed E-state index contributed by atoms with van der Waals surface area (Å²) < 4.78 is 10.5. The van der Waals surface area contributed by atoms with Gasteiger partial charge in [0.1, 0.15) is 5.82 Å². The van der Waals surface area contributed by atoms with Gasteiger partial charge in [-0.1, -0.05) is 6.92 Å². The summed E-state index contributed by atoms with van der Waals surface area (Å²) >= 11 is 0. The smallest absolute Gasteiger partial charge is 0.229 e. The monoisotopic (exact) mass is 302 g/mol. The van der Waals surface area contributed by atoms with Gasteiger partial charge < -0.3 is 20.1 Å². The summed E-state index contributed by atoms with van der Waals surface area (Å²) in [6, 6.07) is 7.79. The van der Waals surface area contributed by atoms with E-state index in [9.17, 15) is 0 Å². The van der Waals surface area contributed by atoms with E-state index < -0.39 is 0 Å². The number of rotatable bonds is 7. The van der Waals surface area contributed by atoms with E-state index >= 15 is 0 Å². The average molecular weight is 302 g/mol. The van der Waals surface area contributed by atoms with E-state index in [2.05, 4.69) is 34.4 Å². The fourth-order valence-corrected chi connectivity index (χ4v) is 1.90. The van der Waals surface area contributed by atoms with Crippen LogP contribution in [0.3, 0.4) is 0 Å². The van der Waals surface area contributed by atoms with Crippen LogP contribution in [0.2, 0.25) is 0 Å². The molecule has 2 aromatic rings. The maximum absolute atomic E-state index is 5.29. The molecule has 1 atom stereocenters. The van der Waals surface area contributed by atoms with Gasteiger partial charge in [0.15, 0.2) is 11.5 Å². The maximum atomic E-state index is 5.29. The number of methoxy groups -OCH3 is 2. The van der Waals surface area contributed by atoms with Crippen molar-refractivity contribution in [2.45, 2.75) is 26.3 Å². The van der Waals surface area contributed by atoms with Crippen LogP contribution in [0.5, 0.6) is 11.5 Å². The van der Waals surface area contributed by atoms with Crippen molar-refractivity contribution in [3.63, 3.8) is 0 Å². The Bertz CT molecular complexity index is 619. The first-order valence-electron chi connectivity index (χ1n) is 7.25. The Hall–Kier alpha value is -2.50. The first kappa shape index (κ1) is 15.9. The number of benzene rings is 1. The first-order valence-corrected chi connectivity index (χ1v) is 7.25. The van der Waals surface area contributed by atoms with Crippen LogP contribution >= 0.6 is 0 Å². The molecule has 1 unspecified atom stereocenters. The van der Waals surface area contributed by atoms with Gasteiger partial charge in [0.2, 0.25) is 5.95 Å². The number of nitrogens with zero attached hydrogens (tertiary/aromatic N) is 2. The minimum Gasteiger partial charge on any atom is -0.493 e. The topological polar surface area (TPSA) is 68.3 Å². The summed E-state index contributed by atoms with van der Waals surface area (Å²) in [4.78, 5) is 8.68. The van der Waals surface area contributed by atoms with E-state index in [1.54, 1.807) is 20.4 Å². The zero-order valence-electron chi connectivity index (χ0n) is 13.4. The third-order valence-electron chi connectivity index (χ3n) is 3.30. The van der Waals surface area contributed by atoms with Crippen LogP contribution in [0.4, 0.5) is 17.5 Å². The summed E-state index contributed by atoms with van der Waals surface area (Å²) in [5.74, 6) is 2.66. The zero-order valence-corrected chi connectivity index (χ0v) is 13.4. The predicted molar refractivity (Wildman–Crippen MR) is 88.2 cm³/mol. The molecule has 0 saturated carbocycles. The normalized spacial score (nSPS) is 11.6.